The van der Waals surface area contributed by atoms with Crippen LogP contribution in [-0.2, 0) is 26.0 Å². The summed E-state index contributed by atoms with van der Waals surface area (Å²) in [6, 6.07) is 3.83. The molecule has 6 N–H and O–H groups in total. The summed E-state index contributed by atoms with van der Waals surface area (Å²) < 4.78 is 35.2. The lowest BCUT2D eigenvalue weighted by atomic mass is 9.94. The van der Waals surface area contributed by atoms with Crippen LogP contribution in [0.4, 0.5) is 11.4 Å². The van der Waals surface area contributed by atoms with Crippen molar-refractivity contribution in [3.63, 3.8) is 0 Å². The van der Waals surface area contributed by atoms with Crippen molar-refractivity contribution >= 4 is 39.2 Å². The zero-order chi connectivity index (χ0) is 33.3. The maximum absolute atomic E-state index is 13.4. The number of nitro groups is 1. The number of amides is 2. The highest BCUT2D eigenvalue weighted by Gasteiger charge is 2.37. The lowest BCUT2D eigenvalue weighted by Gasteiger charge is -2.26. The third-order valence-electron chi connectivity index (χ3n) is 8.26. The first-order chi connectivity index (χ1) is 21.0. The van der Waals surface area contributed by atoms with Gasteiger partial charge in [0.2, 0.25) is 17.8 Å². The topological polar surface area (TPSA) is 212 Å². The summed E-state index contributed by atoms with van der Waals surface area (Å²) in [5, 5.41) is 13.6. The van der Waals surface area contributed by atoms with Crippen LogP contribution in [0.25, 0.3) is 0 Å². The number of aliphatic imine (C=N–C) groups is 1. The fourth-order valence-electron chi connectivity index (χ4n) is 5.91. The summed E-state index contributed by atoms with van der Waals surface area (Å²) in [5.41, 5.74) is 14.8. The van der Waals surface area contributed by atoms with E-state index in [4.69, 9.17) is 16.2 Å². The number of likely N-dealkylation sites (tertiary alicyclic amines) is 1. The van der Waals surface area contributed by atoms with Gasteiger partial charge in [0.25, 0.3) is 15.7 Å². The molecule has 4 rings (SSSR count). The average molecular weight is 644 g/mol. The summed E-state index contributed by atoms with van der Waals surface area (Å²) in [6.45, 7) is 9.77. The molecule has 2 aliphatic rings. The number of nitrogens with one attached hydrogen (secondary N) is 2. The Bertz CT molecular complexity index is 1640. The fraction of sp³-hybridized carbons (Fsp3) is 0.500. The number of sulfonamides is 1. The van der Waals surface area contributed by atoms with Crippen molar-refractivity contribution in [2.75, 3.05) is 18.4 Å². The number of hydrogen-bond donors (Lipinski definition) is 4. The van der Waals surface area contributed by atoms with E-state index in [0.29, 0.717) is 49.0 Å². The van der Waals surface area contributed by atoms with E-state index in [1.807, 2.05) is 20.8 Å². The summed E-state index contributed by atoms with van der Waals surface area (Å²) in [7, 11) is -4.04. The summed E-state index contributed by atoms with van der Waals surface area (Å²) in [6.07, 6.45) is 2.28. The van der Waals surface area contributed by atoms with E-state index < -0.39 is 38.5 Å². The third-order valence-corrected chi connectivity index (χ3v) is 9.88. The molecule has 0 radical (unpaired) electrons. The molecule has 1 fully saturated rings. The number of nitrogens with two attached hydrogens (primary N) is 2. The maximum atomic E-state index is 13.4. The van der Waals surface area contributed by atoms with Gasteiger partial charge in [0.05, 0.1) is 15.9 Å². The monoisotopic (exact) mass is 643 g/mol. The smallest absolute Gasteiger partial charge is 0.269 e. The molecule has 0 spiro atoms. The van der Waals surface area contributed by atoms with Crippen LogP contribution in [0.5, 0.6) is 5.75 Å². The average Bonchev–Trinajstić information content (AvgIpc) is 3.58. The van der Waals surface area contributed by atoms with Gasteiger partial charge < -0.3 is 26.4 Å². The van der Waals surface area contributed by atoms with Crippen LogP contribution in [0, 0.1) is 30.9 Å². The van der Waals surface area contributed by atoms with Crippen LogP contribution in [0.1, 0.15) is 61.8 Å². The molecular weight excluding hydrogens is 602 g/mol. The number of benzene rings is 2. The molecule has 1 saturated heterocycles. The molecule has 2 aromatic carbocycles. The Labute approximate surface area is 262 Å². The highest BCUT2D eigenvalue weighted by molar-refractivity contribution is 7.90. The minimum Gasteiger partial charge on any atom is -0.487 e. The highest BCUT2D eigenvalue weighted by atomic mass is 32.2. The third kappa shape index (κ3) is 7.36. The number of rotatable bonds is 10. The van der Waals surface area contributed by atoms with E-state index in [1.54, 1.807) is 13.8 Å². The van der Waals surface area contributed by atoms with Gasteiger partial charge in [0.1, 0.15) is 17.4 Å². The summed E-state index contributed by atoms with van der Waals surface area (Å²) in [4.78, 5) is 42.1. The van der Waals surface area contributed by atoms with Gasteiger partial charge in [-0.2, -0.15) is 0 Å². The summed E-state index contributed by atoms with van der Waals surface area (Å²) in [5.74, 6) is -0.316. The number of hydrogen-bond acceptors (Lipinski definition) is 9. The van der Waals surface area contributed by atoms with Gasteiger partial charge in [-0.25, -0.2) is 13.1 Å². The molecule has 0 unspecified atom stereocenters. The molecule has 2 aromatic rings. The first-order valence-electron chi connectivity index (χ1n) is 14.8. The van der Waals surface area contributed by atoms with E-state index in [9.17, 15) is 28.1 Å². The predicted molar refractivity (Wildman–Crippen MR) is 170 cm³/mol. The molecule has 0 aliphatic carbocycles. The van der Waals surface area contributed by atoms with Gasteiger partial charge in [-0.3, -0.25) is 24.7 Å². The van der Waals surface area contributed by atoms with Crippen molar-refractivity contribution in [1.29, 1.82) is 0 Å². The van der Waals surface area contributed by atoms with Crippen molar-refractivity contribution in [2.45, 2.75) is 89.3 Å². The van der Waals surface area contributed by atoms with Crippen LogP contribution >= 0.6 is 0 Å². The van der Waals surface area contributed by atoms with Gasteiger partial charge in [0, 0.05) is 42.9 Å². The number of nitro benzene ring substituents is 1. The molecule has 244 valence electrons. The van der Waals surface area contributed by atoms with Crippen molar-refractivity contribution in [1.82, 2.24) is 9.62 Å². The second kappa shape index (κ2) is 13.0. The highest BCUT2D eigenvalue weighted by Crippen LogP contribution is 2.43. The van der Waals surface area contributed by atoms with Gasteiger partial charge in [-0.05, 0) is 89.1 Å². The maximum Gasteiger partial charge on any atom is 0.269 e. The van der Waals surface area contributed by atoms with Crippen LogP contribution in [-0.4, -0.2) is 66.8 Å². The lowest BCUT2D eigenvalue weighted by molar-refractivity contribution is -0.384. The minimum atomic E-state index is -4.04. The van der Waals surface area contributed by atoms with E-state index in [0.717, 1.165) is 16.9 Å². The van der Waals surface area contributed by atoms with E-state index in [1.165, 1.54) is 29.2 Å². The minimum absolute atomic E-state index is 0.0979. The standard InChI is InChI=1S/C30H41N7O7S/c1-17-18(2)26(19(3)22-16-30(4,5)44-25(17)22)45(42,43)35-29(32)33-14-6-8-23(31)28(39)36-15-7-9-24(36)27(38)34-20-10-12-21(13-11-20)37(40)41/h10-13,23-24H,6-9,14-16,31H2,1-5H3,(H,34,38)(H3,32,33,35)/t23-,24-/m0/s1. The second-order valence-electron chi connectivity index (χ2n) is 12.2. The zero-order valence-corrected chi connectivity index (χ0v) is 27.0. The van der Waals surface area contributed by atoms with E-state index >= 15 is 0 Å². The van der Waals surface area contributed by atoms with Crippen LogP contribution in [0.2, 0.25) is 0 Å². The number of anilines is 1. The molecule has 2 atom stereocenters. The number of nitrogens with zero attached hydrogens (tertiary/aromatic N) is 3. The number of non-ortho nitro benzene ring substituents is 1. The largest absolute Gasteiger partial charge is 0.487 e. The number of ether oxygens (including phenoxy) is 1. The summed E-state index contributed by atoms with van der Waals surface area (Å²) >= 11 is 0. The van der Waals surface area contributed by atoms with Gasteiger partial charge in [-0.15, -0.1) is 0 Å². The van der Waals surface area contributed by atoms with Crippen LogP contribution < -0.4 is 26.2 Å². The first kappa shape index (κ1) is 33.6. The van der Waals surface area contributed by atoms with Crippen molar-refractivity contribution in [3.8, 4) is 5.75 Å². The number of carbonyl (C=O) groups is 2. The predicted octanol–water partition coefficient (Wildman–Crippen LogP) is 2.56. The van der Waals surface area contributed by atoms with Gasteiger partial charge in [0.15, 0.2) is 0 Å². The van der Waals surface area contributed by atoms with Crippen LogP contribution in [0.3, 0.4) is 0 Å². The molecule has 2 amide bonds. The molecule has 2 heterocycles. The fourth-order valence-corrected chi connectivity index (χ4v) is 7.44. The van der Waals surface area contributed by atoms with Crippen molar-refractivity contribution in [3.05, 3.63) is 56.6 Å². The Morgan fingerprint density at radius 1 is 1.18 bits per heavy atom. The molecule has 45 heavy (non-hydrogen) atoms. The number of carbonyl (C=O) groups excluding carboxylic acids is 2. The second-order valence-corrected chi connectivity index (χ2v) is 13.8. The number of guanidine groups is 1. The Hall–Kier alpha value is -4.24. The molecule has 14 nitrogen and oxygen atoms in total. The molecule has 0 bridgehead atoms. The van der Waals surface area contributed by atoms with Gasteiger partial charge in [-0.1, -0.05) is 0 Å². The van der Waals surface area contributed by atoms with Gasteiger partial charge >= 0.3 is 0 Å². The Kier molecular flexibility index (Phi) is 9.73. The molecule has 2 aliphatic heterocycles. The van der Waals surface area contributed by atoms with E-state index in [-0.39, 0.29) is 35.4 Å². The van der Waals surface area contributed by atoms with E-state index in [2.05, 4.69) is 15.0 Å². The van der Waals surface area contributed by atoms with Crippen molar-refractivity contribution < 1.29 is 27.7 Å². The quantitative estimate of drug-likeness (QED) is 0.0983. The molecule has 0 aromatic heterocycles. The Morgan fingerprint density at radius 2 is 1.84 bits per heavy atom. The number of fused-ring (bicyclic) bond motifs is 1. The normalized spacial score (nSPS) is 18.2. The van der Waals surface area contributed by atoms with Crippen LogP contribution in [0.15, 0.2) is 34.2 Å². The molecule has 0 saturated carbocycles. The van der Waals surface area contributed by atoms with Crippen molar-refractivity contribution in [2.24, 2.45) is 16.5 Å². The Balaban J connectivity index is 1.31. The first-order valence-corrected chi connectivity index (χ1v) is 16.3. The lowest BCUT2D eigenvalue weighted by Crippen LogP contribution is -2.49. The SMILES string of the molecule is Cc1c(C)c(S(=O)(=O)NC(N)=NCCC[C@H](N)C(=O)N2CCC[C@H]2C(=O)Nc2ccc([N+](=O)[O-])cc2)c(C)c2c1OC(C)(C)C2. The molecule has 15 heteroatoms. The molecular formula is C30H41N7O7S. The Morgan fingerprint density at radius 3 is 2.49 bits per heavy atom. The zero-order valence-electron chi connectivity index (χ0n) is 26.2.